The first-order valence-electron chi connectivity index (χ1n) is 4.90. The van der Waals surface area contributed by atoms with Crippen LogP contribution >= 0.6 is 0 Å². The van der Waals surface area contributed by atoms with Crippen molar-refractivity contribution < 1.29 is 5.11 Å². The van der Waals surface area contributed by atoms with Crippen LogP contribution in [-0.4, -0.2) is 16.3 Å². The molecule has 0 amide bonds. The van der Waals surface area contributed by atoms with E-state index in [2.05, 4.69) is 0 Å². The molecule has 1 N–H and O–H groups in total. The van der Waals surface area contributed by atoms with Gasteiger partial charge in [0.15, 0.2) is 5.43 Å². The van der Waals surface area contributed by atoms with Crippen molar-refractivity contribution in [3.05, 3.63) is 33.7 Å². The largest absolute Gasteiger partial charge is 0.394 e. The van der Waals surface area contributed by atoms with Crippen LogP contribution in [-0.2, 0) is 0 Å². The molecule has 0 aromatic carbocycles. The maximum Gasteiger partial charge on any atom is 0.182 e. The fourth-order valence-electron chi connectivity index (χ4n) is 1.84. The highest BCUT2D eigenvalue weighted by molar-refractivity contribution is 5.13. The number of hydrogen-bond acceptors (Lipinski definition) is 2. The molecule has 0 spiro atoms. The summed E-state index contributed by atoms with van der Waals surface area (Å²) in [5.41, 5.74) is 1.86. The summed E-state index contributed by atoms with van der Waals surface area (Å²) in [5.74, 6) is 0. The summed E-state index contributed by atoms with van der Waals surface area (Å²) < 4.78 is 2.02. The molecule has 78 valence electrons. The molecule has 1 atom stereocenters. The number of nitrogens with zero attached hydrogens (tertiary/aromatic N) is 1. The van der Waals surface area contributed by atoms with Crippen molar-refractivity contribution >= 4 is 0 Å². The highest BCUT2D eigenvalue weighted by Gasteiger charge is 2.10. The van der Waals surface area contributed by atoms with E-state index in [1.165, 1.54) is 0 Å². The molecular formula is C11H17NO2. The molecule has 1 aromatic rings. The summed E-state index contributed by atoms with van der Waals surface area (Å²) in [4.78, 5) is 11.2. The zero-order valence-corrected chi connectivity index (χ0v) is 8.95. The van der Waals surface area contributed by atoms with Gasteiger partial charge >= 0.3 is 0 Å². The first kappa shape index (κ1) is 11.0. The minimum Gasteiger partial charge on any atom is -0.394 e. The summed E-state index contributed by atoms with van der Waals surface area (Å²) in [6, 6.07) is 3.28. The lowest BCUT2D eigenvalue weighted by Gasteiger charge is -2.22. The SMILES string of the molecule is CC[C@@H](CO)n1c(C)cc(=O)cc1C. The second-order valence-corrected chi connectivity index (χ2v) is 3.59. The van der Waals surface area contributed by atoms with Crippen molar-refractivity contribution in [3.8, 4) is 0 Å². The summed E-state index contributed by atoms with van der Waals surface area (Å²) in [7, 11) is 0. The Morgan fingerprint density at radius 2 is 1.86 bits per heavy atom. The van der Waals surface area contributed by atoms with E-state index >= 15 is 0 Å². The van der Waals surface area contributed by atoms with E-state index in [1.54, 1.807) is 12.1 Å². The zero-order valence-electron chi connectivity index (χ0n) is 8.95. The van der Waals surface area contributed by atoms with E-state index in [9.17, 15) is 9.90 Å². The number of aryl methyl sites for hydroxylation is 2. The molecule has 1 aromatic heterocycles. The van der Waals surface area contributed by atoms with Crippen LogP contribution in [0.15, 0.2) is 16.9 Å². The van der Waals surface area contributed by atoms with Crippen molar-refractivity contribution in [3.63, 3.8) is 0 Å². The van der Waals surface area contributed by atoms with Gasteiger partial charge in [-0.05, 0) is 20.3 Å². The molecule has 14 heavy (non-hydrogen) atoms. The number of pyridine rings is 1. The Morgan fingerprint density at radius 1 is 1.36 bits per heavy atom. The predicted octanol–water partition coefficient (Wildman–Crippen LogP) is 1.41. The van der Waals surface area contributed by atoms with Crippen molar-refractivity contribution in [2.24, 2.45) is 0 Å². The molecule has 3 heteroatoms. The Hall–Kier alpha value is -1.09. The molecular weight excluding hydrogens is 178 g/mol. The van der Waals surface area contributed by atoms with Gasteiger partial charge in [0.2, 0.25) is 0 Å². The molecule has 0 unspecified atom stereocenters. The first-order valence-corrected chi connectivity index (χ1v) is 4.90. The van der Waals surface area contributed by atoms with Gasteiger partial charge in [-0.1, -0.05) is 6.92 Å². The van der Waals surface area contributed by atoms with Gasteiger partial charge in [0.25, 0.3) is 0 Å². The molecule has 3 nitrogen and oxygen atoms in total. The zero-order chi connectivity index (χ0) is 10.7. The van der Waals surface area contributed by atoms with Crippen LogP contribution < -0.4 is 5.43 Å². The Kier molecular flexibility index (Phi) is 3.47. The third-order valence-corrected chi connectivity index (χ3v) is 2.51. The lowest BCUT2D eigenvalue weighted by Crippen LogP contribution is -2.20. The standard InChI is InChI=1S/C11H17NO2/c1-4-10(7-13)12-8(2)5-11(14)6-9(12)3/h5-6,10,13H,4,7H2,1-3H3/t10-/m0/s1. The molecule has 0 aliphatic rings. The summed E-state index contributed by atoms with van der Waals surface area (Å²) in [6.45, 7) is 5.93. The topological polar surface area (TPSA) is 42.2 Å². The van der Waals surface area contributed by atoms with Crippen LogP contribution in [0.25, 0.3) is 0 Å². The summed E-state index contributed by atoms with van der Waals surface area (Å²) in [5, 5.41) is 9.20. The maximum absolute atomic E-state index is 11.2. The van der Waals surface area contributed by atoms with Gasteiger partial charge in [0, 0.05) is 23.5 Å². The lowest BCUT2D eigenvalue weighted by molar-refractivity contribution is 0.220. The number of aliphatic hydroxyl groups excluding tert-OH is 1. The van der Waals surface area contributed by atoms with Crippen LogP contribution in [0.5, 0.6) is 0 Å². The van der Waals surface area contributed by atoms with Crippen LogP contribution in [0.1, 0.15) is 30.8 Å². The quantitative estimate of drug-likeness (QED) is 0.792. The monoisotopic (exact) mass is 195 g/mol. The molecule has 0 aliphatic carbocycles. The van der Waals surface area contributed by atoms with Gasteiger partial charge < -0.3 is 9.67 Å². The van der Waals surface area contributed by atoms with Crippen LogP contribution in [0.3, 0.4) is 0 Å². The molecule has 0 saturated carbocycles. The number of aromatic nitrogens is 1. The highest BCUT2D eigenvalue weighted by Crippen LogP contribution is 2.14. The normalized spacial score (nSPS) is 12.9. The maximum atomic E-state index is 11.2. The third kappa shape index (κ3) is 2.04. The third-order valence-electron chi connectivity index (χ3n) is 2.51. The molecule has 1 heterocycles. The molecule has 0 saturated heterocycles. The fraction of sp³-hybridized carbons (Fsp3) is 0.545. The Morgan fingerprint density at radius 3 is 2.21 bits per heavy atom. The van der Waals surface area contributed by atoms with E-state index in [4.69, 9.17) is 0 Å². The van der Waals surface area contributed by atoms with Crippen LogP contribution in [0.4, 0.5) is 0 Å². The summed E-state index contributed by atoms with van der Waals surface area (Å²) >= 11 is 0. The predicted molar refractivity (Wildman–Crippen MR) is 56.6 cm³/mol. The van der Waals surface area contributed by atoms with Gasteiger partial charge in [-0.3, -0.25) is 4.79 Å². The second-order valence-electron chi connectivity index (χ2n) is 3.59. The van der Waals surface area contributed by atoms with Gasteiger partial charge in [-0.2, -0.15) is 0 Å². The number of hydrogen-bond donors (Lipinski definition) is 1. The van der Waals surface area contributed by atoms with Crippen LogP contribution in [0, 0.1) is 13.8 Å². The van der Waals surface area contributed by atoms with Gasteiger partial charge in [0.1, 0.15) is 0 Å². The molecule has 0 bridgehead atoms. The average Bonchev–Trinajstić information content (AvgIpc) is 2.10. The smallest absolute Gasteiger partial charge is 0.182 e. The first-order chi connectivity index (χ1) is 6.60. The van der Waals surface area contributed by atoms with Gasteiger partial charge in [-0.15, -0.1) is 0 Å². The Balaban J connectivity index is 3.26. The number of rotatable bonds is 3. The fourth-order valence-corrected chi connectivity index (χ4v) is 1.84. The Labute approximate surface area is 84.0 Å². The second kappa shape index (κ2) is 4.42. The van der Waals surface area contributed by atoms with E-state index in [-0.39, 0.29) is 18.1 Å². The van der Waals surface area contributed by atoms with Crippen LogP contribution in [0.2, 0.25) is 0 Å². The molecule has 0 radical (unpaired) electrons. The van der Waals surface area contributed by atoms with Crippen molar-refractivity contribution in [1.29, 1.82) is 0 Å². The minimum absolute atomic E-state index is 0.0315. The van der Waals surface area contributed by atoms with E-state index < -0.39 is 0 Å². The molecule has 0 aliphatic heterocycles. The van der Waals surface area contributed by atoms with Crippen molar-refractivity contribution in [2.75, 3.05) is 6.61 Å². The average molecular weight is 195 g/mol. The van der Waals surface area contributed by atoms with Crippen molar-refractivity contribution in [2.45, 2.75) is 33.2 Å². The van der Waals surface area contributed by atoms with Gasteiger partial charge in [-0.25, -0.2) is 0 Å². The van der Waals surface area contributed by atoms with Gasteiger partial charge in [0.05, 0.1) is 12.6 Å². The van der Waals surface area contributed by atoms with E-state index in [0.29, 0.717) is 0 Å². The van der Waals surface area contributed by atoms with Crippen molar-refractivity contribution in [1.82, 2.24) is 4.57 Å². The minimum atomic E-state index is 0.0315. The van der Waals surface area contributed by atoms with E-state index in [1.807, 2.05) is 25.3 Å². The van der Waals surface area contributed by atoms with E-state index in [0.717, 1.165) is 17.8 Å². The Bertz CT molecular complexity index is 338. The molecule has 1 rings (SSSR count). The lowest BCUT2D eigenvalue weighted by atomic mass is 10.2. The molecule has 0 fully saturated rings. The summed E-state index contributed by atoms with van der Waals surface area (Å²) in [6.07, 6.45) is 0.862. The highest BCUT2D eigenvalue weighted by atomic mass is 16.3. The number of aliphatic hydroxyl groups is 1.